The molecule has 0 bridgehead atoms. The highest BCUT2D eigenvalue weighted by molar-refractivity contribution is 5.78. The van der Waals surface area contributed by atoms with Crippen molar-refractivity contribution in [3.8, 4) is 0 Å². The molecule has 3 aliphatic rings. The van der Waals surface area contributed by atoms with Crippen LogP contribution in [0.25, 0.3) is 0 Å². The van der Waals surface area contributed by atoms with Crippen LogP contribution in [-0.2, 0) is 38.0 Å². The van der Waals surface area contributed by atoms with Crippen LogP contribution in [0.4, 0.5) is 0 Å². The molecule has 3 rings (SSSR count). The Balaban J connectivity index is 1.49. The molecule has 3 aliphatic heterocycles. The van der Waals surface area contributed by atoms with Crippen molar-refractivity contribution in [3.05, 3.63) is 0 Å². The molecule has 0 aromatic rings. The summed E-state index contributed by atoms with van der Waals surface area (Å²) >= 11 is 0. The standard InChI is InChI=1S/C29H50O8/c1-7-9-10-11-12-13-14-22(31)16-18-29(6)33-20-24(35-29)26-25(36-27(3,4)37-26)23-19-32-28(5,34-23)17-15-21(30)8-2/h23-26H,7-20H2,1-6H3. The fraction of sp³-hybridized carbons (Fsp3) is 0.931. The number of ether oxygens (including phenoxy) is 6. The van der Waals surface area contributed by atoms with Crippen LogP contribution in [0.15, 0.2) is 0 Å². The summed E-state index contributed by atoms with van der Waals surface area (Å²) < 4.78 is 37.2. The first-order valence-electron chi connectivity index (χ1n) is 14.5. The molecule has 3 fully saturated rings. The molecule has 0 aromatic heterocycles. The average Bonchev–Trinajstić information content (AvgIpc) is 3.53. The second-order valence-corrected chi connectivity index (χ2v) is 11.7. The fourth-order valence-corrected chi connectivity index (χ4v) is 5.41. The average molecular weight is 527 g/mol. The summed E-state index contributed by atoms with van der Waals surface area (Å²) in [6.45, 7) is 12.3. The Morgan fingerprint density at radius 1 is 0.649 bits per heavy atom. The van der Waals surface area contributed by atoms with Gasteiger partial charge in [-0.2, -0.15) is 0 Å². The molecular formula is C29H50O8. The predicted molar refractivity (Wildman–Crippen MR) is 139 cm³/mol. The van der Waals surface area contributed by atoms with Gasteiger partial charge in [0.1, 0.15) is 36.0 Å². The van der Waals surface area contributed by atoms with E-state index >= 15 is 0 Å². The van der Waals surface area contributed by atoms with Gasteiger partial charge in [0.2, 0.25) is 0 Å². The topological polar surface area (TPSA) is 89.5 Å². The lowest BCUT2D eigenvalue weighted by Gasteiger charge is -2.29. The Hall–Kier alpha value is -0.900. The highest BCUT2D eigenvalue weighted by Crippen LogP contribution is 2.41. The zero-order valence-electron chi connectivity index (χ0n) is 24.0. The van der Waals surface area contributed by atoms with Gasteiger partial charge in [0, 0.05) is 38.5 Å². The molecule has 3 heterocycles. The summed E-state index contributed by atoms with van der Waals surface area (Å²) in [4.78, 5) is 24.3. The van der Waals surface area contributed by atoms with Gasteiger partial charge in [0.15, 0.2) is 17.4 Å². The maximum Gasteiger partial charge on any atom is 0.166 e. The quantitative estimate of drug-likeness (QED) is 0.239. The van der Waals surface area contributed by atoms with E-state index in [9.17, 15) is 9.59 Å². The molecule has 0 aliphatic carbocycles. The van der Waals surface area contributed by atoms with E-state index in [1.165, 1.54) is 25.7 Å². The number of rotatable bonds is 16. The first kappa shape index (κ1) is 30.6. The predicted octanol–water partition coefficient (Wildman–Crippen LogP) is 5.63. The largest absolute Gasteiger partial charge is 0.347 e. The molecule has 3 saturated heterocycles. The van der Waals surface area contributed by atoms with Crippen molar-refractivity contribution >= 4 is 11.6 Å². The molecule has 8 heteroatoms. The highest BCUT2D eigenvalue weighted by Gasteiger charge is 2.55. The van der Waals surface area contributed by atoms with E-state index in [0.29, 0.717) is 51.7 Å². The van der Waals surface area contributed by atoms with E-state index in [4.69, 9.17) is 28.4 Å². The van der Waals surface area contributed by atoms with Crippen LogP contribution in [0.3, 0.4) is 0 Å². The number of unbranched alkanes of at least 4 members (excludes halogenated alkanes) is 5. The molecule has 0 radical (unpaired) electrons. The summed E-state index contributed by atoms with van der Waals surface area (Å²) in [6.07, 6.45) is 8.60. The van der Waals surface area contributed by atoms with Crippen LogP contribution in [0.5, 0.6) is 0 Å². The lowest BCUT2D eigenvalue weighted by molar-refractivity contribution is -0.186. The van der Waals surface area contributed by atoms with Gasteiger partial charge in [-0.1, -0.05) is 46.0 Å². The number of hydrogen-bond donors (Lipinski definition) is 0. The van der Waals surface area contributed by atoms with Gasteiger partial charge in [0.25, 0.3) is 0 Å². The van der Waals surface area contributed by atoms with E-state index < -0.39 is 29.6 Å². The zero-order chi connectivity index (χ0) is 27.1. The van der Waals surface area contributed by atoms with Crippen molar-refractivity contribution in [1.82, 2.24) is 0 Å². The second-order valence-electron chi connectivity index (χ2n) is 11.7. The third-order valence-electron chi connectivity index (χ3n) is 7.72. The lowest BCUT2D eigenvalue weighted by atomic mass is 10.0. The summed E-state index contributed by atoms with van der Waals surface area (Å²) in [5.41, 5.74) is 0. The van der Waals surface area contributed by atoms with Crippen molar-refractivity contribution in [2.45, 2.75) is 160 Å². The Morgan fingerprint density at radius 2 is 1.14 bits per heavy atom. The number of hydrogen-bond acceptors (Lipinski definition) is 8. The number of Topliss-reactive ketones (excluding diaryl/α,β-unsaturated/α-hetero) is 2. The van der Waals surface area contributed by atoms with E-state index in [1.807, 2.05) is 34.6 Å². The molecule has 214 valence electrons. The van der Waals surface area contributed by atoms with E-state index in [1.54, 1.807) is 0 Å². The molecule has 6 atom stereocenters. The van der Waals surface area contributed by atoms with Crippen LogP contribution >= 0.6 is 0 Å². The molecule has 37 heavy (non-hydrogen) atoms. The van der Waals surface area contributed by atoms with Crippen molar-refractivity contribution in [1.29, 1.82) is 0 Å². The first-order valence-corrected chi connectivity index (χ1v) is 14.5. The Kier molecular flexibility index (Phi) is 11.1. The van der Waals surface area contributed by atoms with Gasteiger partial charge >= 0.3 is 0 Å². The van der Waals surface area contributed by atoms with Gasteiger partial charge in [0.05, 0.1) is 13.2 Å². The van der Waals surface area contributed by atoms with Crippen LogP contribution < -0.4 is 0 Å². The van der Waals surface area contributed by atoms with Crippen LogP contribution in [0.2, 0.25) is 0 Å². The van der Waals surface area contributed by atoms with Crippen molar-refractivity contribution in [3.63, 3.8) is 0 Å². The first-order chi connectivity index (χ1) is 17.5. The van der Waals surface area contributed by atoms with E-state index in [2.05, 4.69) is 6.92 Å². The van der Waals surface area contributed by atoms with E-state index in [0.717, 1.165) is 12.8 Å². The number of ketones is 2. The Morgan fingerprint density at radius 3 is 1.65 bits per heavy atom. The normalized spacial score (nSPS) is 35.3. The number of carbonyl (C=O) groups is 2. The van der Waals surface area contributed by atoms with Crippen molar-refractivity contribution < 1.29 is 38.0 Å². The third-order valence-corrected chi connectivity index (χ3v) is 7.72. The molecule has 0 amide bonds. The minimum Gasteiger partial charge on any atom is -0.347 e. The minimum absolute atomic E-state index is 0.192. The maximum atomic E-state index is 12.4. The Bertz CT molecular complexity index is 754. The molecule has 8 nitrogen and oxygen atoms in total. The summed E-state index contributed by atoms with van der Waals surface area (Å²) in [7, 11) is 0. The molecule has 0 spiro atoms. The number of carbonyl (C=O) groups excluding carboxylic acids is 2. The highest BCUT2D eigenvalue weighted by atomic mass is 16.8. The second kappa shape index (κ2) is 13.4. The summed E-state index contributed by atoms with van der Waals surface area (Å²) in [6, 6.07) is 0. The zero-order valence-corrected chi connectivity index (χ0v) is 24.0. The van der Waals surface area contributed by atoms with Gasteiger partial charge in [-0.25, -0.2) is 0 Å². The fourth-order valence-electron chi connectivity index (χ4n) is 5.41. The van der Waals surface area contributed by atoms with Gasteiger partial charge < -0.3 is 28.4 Å². The SMILES string of the molecule is CCCCCCCCC(=O)CCC1(C)OCC(C2OC(C)(C)OC2C2COC(C)(CCC(=O)CC)O2)O1. The van der Waals surface area contributed by atoms with Gasteiger partial charge in [-0.15, -0.1) is 0 Å². The van der Waals surface area contributed by atoms with Crippen LogP contribution in [0, 0.1) is 0 Å². The summed E-state index contributed by atoms with van der Waals surface area (Å²) in [5.74, 6) is -1.99. The van der Waals surface area contributed by atoms with E-state index in [-0.39, 0.29) is 23.8 Å². The van der Waals surface area contributed by atoms with Crippen LogP contribution in [-0.4, -0.2) is 66.6 Å². The van der Waals surface area contributed by atoms with Gasteiger partial charge in [-0.3, -0.25) is 9.59 Å². The monoisotopic (exact) mass is 526 g/mol. The molecule has 0 aromatic carbocycles. The maximum absolute atomic E-state index is 12.4. The smallest absolute Gasteiger partial charge is 0.166 e. The molecular weight excluding hydrogens is 476 g/mol. The summed E-state index contributed by atoms with van der Waals surface area (Å²) in [5, 5.41) is 0. The van der Waals surface area contributed by atoms with Crippen molar-refractivity contribution in [2.75, 3.05) is 13.2 Å². The van der Waals surface area contributed by atoms with Crippen LogP contribution in [0.1, 0.15) is 119 Å². The molecule has 0 N–H and O–H groups in total. The molecule has 6 unspecified atom stereocenters. The lowest BCUT2D eigenvalue weighted by Crippen LogP contribution is -2.45. The Labute approximate surface area is 223 Å². The molecule has 0 saturated carbocycles. The third kappa shape index (κ3) is 9.07. The van der Waals surface area contributed by atoms with Gasteiger partial charge in [-0.05, 0) is 34.1 Å². The van der Waals surface area contributed by atoms with Crippen molar-refractivity contribution in [2.24, 2.45) is 0 Å². The minimum atomic E-state index is -0.829.